The number of ether oxygens (including phenoxy) is 1. The summed E-state index contributed by atoms with van der Waals surface area (Å²) in [6, 6.07) is 13.3. The number of hydrogen-bond acceptors (Lipinski definition) is 8. The molecule has 0 unspecified atom stereocenters. The topological polar surface area (TPSA) is 123 Å². The summed E-state index contributed by atoms with van der Waals surface area (Å²) in [4.78, 5) is 4.90. The largest absolute Gasteiger partial charge is 0.456 e. The molecule has 1 saturated heterocycles. The Bertz CT molecular complexity index is 1180. The van der Waals surface area contributed by atoms with E-state index in [4.69, 9.17) is 23.4 Å². The maximum Gasteiger partial charge on any atom is 0.227 e. The van der Waals surface area contributed by atoms with Gasteiger partial charge in [0.05, 0.1) is 12.6 Å². The van der Waals surface area contributed by atoms with Crippen molar-refractivity contribution in [3.05, 3.63) is 58.6 Å². The molecular weight excluding hydrogens is 472 g/mol. The SMILES string of the molecule is CCN1CC[N+](CC)=c2cc3c(cc21)=CC=C(c1ccc(N2CCNCC2)cc1)O3.[O-][Cl+3]([O-])([O-])[O-]. The zero-order valence-electron chi connectivity index (χ0n) is 20.0. The minimum atomic E-state index is -4.94. The Balaban J connectivity index is 0.000000527. The smallest absolute Gasteiger partial charge is 0.227 e. The van der Waals surface area contributed by atoms with E-state index in [0.29, 0.717) is 0 Å². The Labute approximate surface area is 207 Å². The molecule has 9 nitrogen and oxygen atoms in total. The number of halogens is 1. The molecule has 0 aromatic heterocycles. The molecule has 0 bridgehead atoms. The molecule has 2 aromatic carbocycles. The molecule has 0 saturated carbocycles. The van der Waals surface area contributed by atoms with Gasteiger partial charge in [-0.2, -0.15) is 0 Å². The van der Waals surface area contributed by atoms with Crippen LogP contribution in [0.25, 0.3) is 11.8 Å². The number of rotatable bonds is 4. The van der Waals surface area contributed by atoms with Gasteiger partial charge in [-0.3, -0.25) is 0 Å². The molecule has 10 heteroatoms. The van der Waals surface area contributed by atoms with Crippen molar-refractivity contribution in [2.75, 3.05) is 62.2 Å². The Morgan fingerprint density at radius 3 is 2.29 bits per heavy atom. The van der Waals surface area contributed by atoms with Crippen molar-refractivity contribution in [3.8, 4) is 5.75 Å². The number of anilines is 2. The number of likely N-dealkylation sites (N-methyl/N-ethyl adjacent to an activating group) is 2. The lowest BCUT2D eigenvalue weighted by molar-refractivity contribution is -2.00. The van der Waals surface area contributed by atoms with Crippen LogP contribution in [-0.2, 0) is 0 Å². The van der Waals surface area contributed by atoms with Crippen LogP contribution in [-0.4, -0.2) is 52.4 Å². The Morgan fingerprint density at radius 2 is 1.66 bits per heavy atom. The van der Waals surface area contributed by atoms with Gasteiger partial charge < -0.3 is 19.9 Å². The highest BCUT2D eigenvalue weighted by Gasteiger charge is 2.23. The van der Waals surface area contributed by atoms with Crippen molar-refractivity contribution in [1.29, 1.82) is 0 Å². The molecule has 3 aliphatic heterocycles. The van der Waals surface area contributed by atoms with E-state index >= 15 is 0 Å². The Kier molecular flexibility index (Phi) is 7.95. The van der Waals surface area contributed by atoms with Crippen molar-refractivity contribution in [2.45, 2.75) is 13.8 Å². The maximum atomic E-state index is 8.49. The zero-order valence-corrected chi connectivity index (χ0v) is 20.8. The molecule has 0 radical (unpaired) electrons. The normalized spacial score (nSPS) is 17.3. The second kappa shape index (κ2) is 10.9. The minimum absolute atomic E-state index is 0.917. The van der Waals surface area contributed by atoms with Crippen LogP contribution in [0.5, 0.6) is 5.75 Å². The second-order valence-corrected chi connectivity index (χ2v) is 9.26. The van der Waals surface area contributed by atoms with Crippen molar-refractivity contribution >= 4 is 23.2 Å². The van der Waals surface area contributed by atoms with Gasteiger partial charge in [-0.25, -0.2) is 23.2 Å². The van der Waals surface area contributed by atoms with E-state index in [1.54, 1.807) is 0 Å². The summed E-state index contributed by atoms with van der Waals surface area (Å²) in [7, 11) is -4.94. The number of nitrogens with one attached hydrogen (secondary N) is 1. The number of benzene rings is 2. The van der Waals surface area contributed by atoms with Gasteiger partial charge in [-0.05, 0) is 56.3 Å². The summed E-state index contributed by atoms with van der Waals surface area (Å²) in [5.41, 5.74) is 3.73. The molecule has 0 spiro atoms. The van der Waals surface area contributed by atoms with Gasteiger partial charge in [0.15, 0.2) is 6.54 Å². The summed E-state index contributed by atoms with van der Waals surface area (Å²) in [6.45, 7) is 12.9. The van der Waals surface area contributed by atoms with Crippen LogP contribution in [0.1, 0.15) is 19.4 Å². The monoisotopic (exact) mass is 502 g/mol. The van der Waals surface area contributed by atoms with E-state index in [0.717, 1.165) is 74.6 Å². The zero-order chi connectivity index (χ0) is 25.0. The molecule has 35 heavy (non-hydrogen) atoms. The third-order valence-corrected chi connectivity index (χ3v) is 6.46. The number of fused-ring (bicyclic) bond motifs is 2. The van der Waals surface area contributed by atoms with Gasteiger partial charge >= 0.3 is 0 Å². The van der Waals surface area contributed by atoms with Crippen LogP contribution in [0.15, 0.2) is 42.5 Å². The van der Waals surface area contributed by atoms with E-state index in [-0.39, 0.29) is 0 Å². The number of allylic oxidation sites excluding steroid dienone is 1. The average molecular weight is 503 g/mol. The first-order valence-corrected chi connectivity index (χ1v) is 13.1. The molecule has 1 fully saturated rings. The van der Waals surface area contributed by atoms with E-state index in [9.17, 15) is 0 Å². The molecule has 0 atom stereocenters. The molecule has 1 N–H and O–H groups in total. The molecule has 188 valence electrons. The van der Waals surface area contributed by atoms with Crippen molar-refractivity contribution in [3.63, 3.8) is 0 Å². The summed E-state index contributed by atoms with van der Waals surface area (Å²) in [5.74, 6) is 1.87. The van der Waals surface area contributed by atoms with Crippen molar-refractivity contribution in [2.24, 2.45) is 0 Å². The standard InChI is InChI=1S/C25H31N4O.ClHO4/c1-3-27-15-16-28(4-2)23-18-25-20(17-22(23)27)7-10-24(30-25)19-5-8-21(9-6-19)29-13-11-26-12-14-29;2-1(3,4)5/h5-10,17-18,26H,3-4,11-16H2,1-2H3;(H,2,3,4,5)/q+1;/p-1. The van der Waals surface area contributed by atoms with Gasteiger partial charge in [0.2, 0.25) is 5.36 Å². The van der Waals surface area contributed by atoms with Gasteiger partial charge in [0.1, 0.15) is 23.7 Å². The molecule has 3 aliphatic rings. The van der Waals surface area contributed by atoms with E-state index in [1.807, 2.05) is 0 Å². The first kappa shape index (κ1) is 25.4. The highest BCUT2D eigenvalue weighted by atomic mass is 35.7. The van der Waals surface area contributed by atoms with Crippen LogP contribution in [0.3, 0.4) is 0 Å². The van der Waals surface area contributed by atoms with Crippen molar-refractivity contribution < 1.29 is 33.6 Å². The van der Waals surface area contributed by atoms with E-state index < -0.39 is 10.2 Å². The molecular formula is C25H31ClN4O5. The predicted octanol–water partition coefficient (Wildman–Crippen LogP) is -3.09. The van der Waals surface area contributed by atoms with E-state index in [1.165, 1.54) is 16.7 Å². The summed E-state index contributed by atoms with van der Waals surface area (Å²) in [5, 5.41) is 5.85. The molecule has 2 aromatic rings. The number of piperazine rings is 1. The fraction of sp³-hybridized carbons (Fsp3) is 0.400. The van der Waals surface area contributed by atoms with Gasteiger partial charge in [0.25, 0.3) is 0 Å². The number of nitrogens with zero attached hydrogens (tertiary/aromatic N) is 3. The third kappa shape index (κ3) is 6.32. The van der Waals surface area contributed by atoms with Gasteiger partial charge in [-0.1, -0.05) is 0 Å². The van der Waals surface area contributed by atoms with E-state index in [2.05, 4.69) is 82.1 Å². The molecule has 3 heterocycles. The van der Waals surface area contributed by atoms with Crippen LogP contribution < -0.4 is 53.6 Å². The highest BCUT2D eigenvalue weighted by Crippen LogP contribution is 2.25. The molecule has 0 aliphatic carbocycles. The summed E-state index contributed by atoms with van der Waals surface area (Å²) >= 11 is 0. The lowest BCUT2D eigenvalue weighted by Crippen LogP contribution is -2.68. The fourth-order valence-corrected chi connectivity index (χ4v) is 4.67. The average Bonchev–Trinajstić information content (AvgIpc) is 2.86. The molecule has 0 amide bonds. The predicted molar refractivity (Wildman–Crippen MR) is 125 cm³/mol. The summed E-state index contributed by atoms with van der Waals surface area (Å²) < 4.78 is 42.8. The first-order valence-electron chi connectivity index (χ1n) is 11.9. The third-order valence-electron chi connectivity index (χ3n) is 6.46. The van der Waals surface area contributed by atoms with Crippen molar-refractivity contribution in [1.82, 2.24) is 9.89 Å². The quantitative estimate of drug-likeness (QED) is 0.436. The Hall–Kier alpha value is -2.66. The van der Waals surface area contributed by atoms with Crippen LogP contribution in [0.4, 0.5) is 11.4 Å². The Morgan fingerprint density at radius 1 is 0.971 bits per heavy atom. The highest BCUT2D eigenvalue weighted by molar-refractivity contribution is 5.73. The fourth-order valence-electron chi connectivity index (χ4n) is 4.67. The maximum absolute atomic E-state index is 8.49. The summed E-state index contributed by atoms with van der Waals surface area (Å²) in [6.07, 6.45) is 4.29. The number of hydrogen-bond donors (Lipinski definition) is 1. The lowest BCUT2D eigenvalue weighted by atomic mass is 10.1. The van der Waals surface area contributed by atoms with Crippen LogP contribution >= 0.6 is 0 Å². The molecule has 5 rings (SSSR count). The first-order chi connectivity index (χ1) is 16.8. The van der Waals surface area contributed by atoms with Gasteiger partial charge in [0, 0.05) is 49.2 Å². The van der Waals surface area contributed by atoms with Crippen LogP contribution in [0, 0.1) is 10.2 Å². The van der Waals surface area contributed by atoms with Crippen LogP contribution in [0.2, 0.25) is 0 Å². The second-order valence-electron chi connectivity index (χ2n) is 8.50. The lowest BCUT2D eigenvalue weighted by Gasteiger charge is -2.29. The van der Waals surface area contributed by atoms with Gasteiger partial charge in [-0.15, -0.1) is 10.2 Å². The minimum Gasteiger partial charge on any atom is -0.456 e.